The van der Waals surface area contributed by atoms with Gasteiger partial charge < -0.3 is 10.2 Å². The second-order valence-corrected chi connectivity index (χ2v) is 9.48. The lowest BCUT2D eigenvalue weighted by atomic mass is 10.1. The molecule has 0 unspecified atom stereocenters. The Morgan fingerprint density at radius 1 is 1.07 bits per heavy atom. The van der Waals surface area contributed by atoms with Crippen LogP contribution in [0.1, 0.15) is 38.5 Å². The van der Waals surface area contributed by atoms with Gasteiger partial charge in [0.25, 0.3) is 5.91 Å². The molecule has 150 valence electrons. The Morgan fingerprint density at radius 2 is 1.67 bits per heavy atom. The van der Waals surface area contributed by atoms with Crippen LogP contribution < -0.4 is 10.2 Å². The van der Waals surface area contributed by atoms with Crippen molar-refractivity contribution in [3.05, 3.63) is 30.1 Å². The standard InChI is InChI=1S/C19H28FN3O3S/c20-16-7-9-18(10-8-16)27(25,26)23-13-11-22(12-14-23)15-19(24)21-17-5-3-1-2-4-6-17/h7-10,17H,1-6,11-15H2,(H,21,24)/p+1. The molecule has 2 fully saturated rings. The summed E-state index contributed by atoms with van der Waals surface area (Å²) in [5.74, 6) is -0.394. The van der Waals surface area contributed by atoms with Crippen molar-refractivity contribution in [1.82, 2.24) is 9.62 Å². The zero-order chi connectivity index (χ0) is 19.3. The Morgan fingerprint density at radius 3 is 2.26 bits per heavy atom. The fourth-order valence-corrected chi connectivity index (χ4v) is 5.35. The second kappa shape index (κ2) is 9.12. The second-order valence-electron chi connectivity index (χ2n) is 7.54. The molecule has 1 saturated heterocycles. The molecule has 0 spiro atoms. The maximum atomic E-state index is 13.0. The van der Waals surface area contributed by atoms with Crippen LogP contribution >= 0.6 is 0 Å². The van der Waals surface area contributed by atoms with Gasteiger partial charge in [-0.1, -0.05) is 25.7 Å². The van der Waals surface area contributed by atoms with Crippen molar-refractivity contribution in [2.75, 3.05) is 32.7 Å². The first-order chi connectivity index (χ1) is 12.9. The Balaban J connectivity index is 1.48. The van der Waals surface area contributed by atoms with Gasteiger partial charge in [-0.05, 0) is 37.1 Å². The van der Waals surface area contributed by atoms with Crippen molar-refractivity contribution in [1.29, 1.82) is 0 Å². The first kappa shape index (κ1) is 20.2. The third kappa shape index (κ3) is 5.49. The summed E-state index contributed by atoms with van der Waals surface area (Å²) in [4.78, 5) is 13.5. The normalized spacial score (nSPS) is 20.9. The van der Waals surface area contributed by atoms with E-state index in [0.717, 1.165) is 29.9 Å². The van der Waals surface area contributed by atoms with Crippen molar-refractivity contribution in [2.45, 2.75) is 49.5 Å². The summed E-state index contributed by atoms with van der Waals surface area (Å²) < 4.78 is 39.7. The number of sulfonamides is 1. The predicted molar refractivity (Wildman–Crippen MR) is 100 cm³/mol. The van der Waals surface area contributed by atoms with E-state index in [0.29, 0.717) is 38.8 Å². The monoisotopic (exact) mass is 398 g/mol. The number of hydrogen-bond acceptors (Lipinski definition) is 3. The Labute approximate surface area is 160 Å². The molecule has 1 saturated carbocycles. The summed E-state index contributed by atoms with van der Waals surface area (Å²) in [6, 6.07) is 5.20. The number of nitrogens with one attached hydrogen (secondary N) is 2. The molecule has 2 aliphatic rings. The molecule has 2 N–H and O–H groups in total. The van der Waals surface area contributed by atoms with Gasteiger partial charge >= 0.3 is 0 Å². The lowest BCUT2D eigenvalue weighted by molar-refractivity contribution is -0.895. The minimum Gasteiger partial charge on any atom is -0.348 e. The van der Waals surface area contributed by atoms with Crippen molar-refractivity contribution in [2.24, 2.45) is 0 Å². The summed E-state index contributed by atoms with van der Waals surface area (Å²) in [6.07, 6.45) is 6.98. The van der Waals surface area contributed by atoms with Crippen LogP contribution in [0.4, 0.5) is 4.39 Å². The van der Waals surface area contributed by atoms with E-state index in [9.17, 15) is 17.6 Å². The van der Waals surface area contributed by atoms with Crippen LogP contribution in [-0.2, 0) is 14.8 Å². The molecular formula is C19H29FN3O3S+. The molecule has 3 rings (SSSR count). The number of carbonyl (C=O) groups is 1. The summed E-state index contributed by atoms with van der Waals surface area (Å²) in [7, 11) is -3.60. The van der Waals surface area contributed by atoms with Gasteiger partial charge in [-0.2, -0.15) is 4.31 Å². The van der Waals surface area contributed by atoms with E-state index in [-0.39, 0.29) is 10.8 Å². The van der Waals surface area contributed by atoms with Crippen LogP contribution in [0.25, 0.3) is 0 Å². The molecular weight excluding hydrogens is 369 g/mol. The van der Waals surface area contributed by atoms with E-state index < -0.39 is 15.8 Å². The molecule has 27 heavy (non-hydrogen) atoms. The highest BCUT2D eigenvalue weighted by molar-refractivity contribution is 7.89. The van der Waals surface area contributed by atoms with Crippen LogP contribution in [0, 0.1) is 5.82 Å². The highest BCUT2D eigenvalue weighted by atomic mass is 32.2. The average Bonchev–Trinajstić information content (AvgIpc) is 2.91. The van der Waals surface area contributed by atoms with Crippen LogP contribution in [0.5, 0.6) is 0 Å². The quantitative estimate of drug-likeness (QED) is 0.712. The van der Waals surface area contributed by atoms with Gasteiger partial charge in [0.05, 0.1) is 31.1 Å². The summed E-state index contributed by atoms with van der Waals surface area (Å²) in [5, 5.41) is 3.15. The van der Waals surface area contributed by atoms with E-state index in [1.165, 1.54) is 42.1 Å². The molecule has 6 nitrogen and oxygen atoms in total. The number of benzene rings is 1. The van der Waals surface area contributed by atoms with Gasteiger partial charge in [0, 0.05) is 6.04 Å². The molecule has 1 aromatic rings. The third-order valence-electron chi connectivity index (χ3n) is 5.51. The molecule has 1 aliphatic heterocycles. The van der Waals surface area contributed by atoms with Crippen LogP contribution in [0.15, 0.2) is 29.2 Å². The van der Waals surface area contributed by atoms with Crippen molar-refractivity contribution in [3.8, 4) is 0 Å². The minimum absolute atomic E-state index is 0.0618. The molecule has 1 aromatic carbocycles. The molecule has 1 aliphatic carbocycles. The number of piperazine rings is 1. The van der Waals surface area contributed by atoms with Gasteiger partial charge in [0.15, 0.2) is 6.54 Å². The van der Waals surface area contributed by atoms with E-state index in [1.54, 1.807) is 0 Å². The van der Waals surface area contributed by atoms with Gasteiger partial charge in [-0.15, -0.1) is 0 Å². The lowest BCUT2D eigenvalue weighted by Crippen LogP contribution is -3.15. The summed E-state index contributed by atoms with van der Waals surface area (Å²) in [5.41, 5.74) is 0. The smallest absolute Gasteiger partial charge is 0.275 e. The fraction of sp³-hybridized carbons (Fsp3) is 0.632. The number of hydrogen-bond donors (Lipinski definition) is 2. The topological polar surface area (TPSA) is 70.9 Å². The fourth-order valence-electron chi connectivity index (χ4n) is 3.90. The molecule has 1 amide bonds. The van der Waals surface area contributed by atoms with Crippen molar-refractivity contribution < 1.29 is 22.5 Å². The Bertz CT molecular complexity index is 723. The number of rotatable bonds is 5. The lowest BCUT2D eigenvalue weighted by Gasteiger charge is -2.31. The minimum atomic E-state index is -3.60. The highest BCUT2D eigenvalue weighted by Gasteiger charge is 2.31. The zero-order valence-corrected chi connectivity index (χ0v) is 16.4. The average molecular weight is 399 g/mol. The van der Waals surface area contributed by atoms with Crippen molar-refractivity contribution >= 4 is 15.9 Å². The Hall–Kier alpha value is -1.51. The number of carbonyl (C=O) groups excluding carboxylic acids is 1. The van der Waals surface area contributed by atoms with Gasteiger partial charge in [-0.25, -0.2) is 12.8 Å². The molecule has 0 atom stereocenters. The third-order valence-corrected chi connectivity index (χ3v) is 7.42. The predicted octanol–water partition coefficient (Wildman–Crippen LogP) is 0.554. The first-order valence-electron chi connectivity index (χ1n) is 9.84. The van der Waals surface area contributed by atoms with Gasteiger partial charge in [0.1, 0.15) is 5.82 Å². The molecule has 0 radical (unpaired) electrons. The molecule has 0 aromatic heterocycles. The molecule has 8 heteroatoms. The van der Waals surface area contributed by atoms with Gasteiger partial charge in [0.2, 0.25) is 10.0 Å². The van der Waals surface area contributed by atoms with Crippen molar-refractivity contribution in [3.63, 3.8) is 0 Å². The van der Waals surface area contributed by atoms with Gasteiger partial charge in [-0.3, -0.25) is 4.79 Å². The number of quaternary nitrogens is 1. The number of amides is 1. The summed E-state index contributed by atoms with van der Waals surface area (Å²) >= 11 is 0. The Kier molecular flexibility index (Phi) is 6.83. The van der Waals surface area contributed by atoms with Crippen LogP contribution in [0.2, 0.25) is 0 Å². The summed E-state index contributed by atoms with van der Waals surface area (Å²) in [6.45, 7) is 2.31. The molecule has 1 heterocycles. The molecule has 0 bridgehead atoms. The van der Waals surface area contributed by atoms with Crippen LogP contribution in [0.3, 0.4) is 0 Å². The number of nitrogens with zero attached hydrogens (tertiary/aromatic N) is 1. The number of halogens is 1. The highest BCUT2D eigenvalue weighted by Crippen LogP contribution is 2.17. The van der Waals surface area contributed by atoms with E-state index in [1.807, 2.05) is 0 Å². The maximum Gasteiger partial charge on any atom is 0.275 e. The van der Waals surface area contributed by atoms with E-state index in [2.05, 4.69) is 5.32 Å². The first-order valence-corrected chi connectivity index (χ1v) is 11.3. The van der Waals surface area contributed by atoms with E-state index >= 15 is 0 Å². The maximum absolute atomic E-state index is 13.0. The zero-order valence-electron chi connectivity index (χ0n) is 15.6. The largest absolute Gasteiger partial charge is 0.348 e. The van der Waals surface area contributed by atoms with Crippen LogP contribution in [-0.4, -0.2) is 57.4 Å². The van der Waals surface area contributed by atoms with E-state index in [4.69, 9.17) is 0 Å². The SMILES string of the molecule is O=C(C[NH+]1CCN(S(=O)(=O)c2ccc(F)cc2)CC1)NC1CCCCCC1.